The summed E-state index contributed by atoms with van der Waals surface area (Å²) in [6, 6.07) is 0. The van der Waals surface area contributed by atoms with Crippen molar-refractivity contribution in [2.75, 3.05) is 25.9 Å². The summed E-state index contributed by atoms with van der Waals surface area (Å²) >= 11 is 1.97. The molecular weight excluding hydrogens is 142 g/mol. The third-order valence-electron chi connectivity index (χ3n) is 2.12. The molecule has 1 heterocycles. The van der Waals surface area contributed by atoms with Crippen molar-refractivity contribution in [2.45, 2.75) is 25.0 Å². The molecule has 1 atom stereocenters. The van der Waals surface area contributed by atoms with E-state index >= 15 is 0 Å². The Morgan fingerprint density at radius 3 is 2.50 bits per heavy atom. The Morgan fingerprint density at radius 2 is 2.00 bits per heavy atom. The Hall–Kier alpha value is 0.310. The maximum Gasteiger partial charge on any atom is 0.0143 e. The van der Waals surface area contributed by atoms with Gasteiger partial charge in [-0.15, -0.1) is 0 Å². The molecule has 0 radical (unpaired) electrons. The summed E-state index contributed by atoms with van der Waals surface area (Å²) in [6.07, 6.45) is 5.03. The van der Waals surface area contributed by atoms with E-state index in [-0.39, 0.29) is 0 Å². The van der Waals surface area contributed by atoms with Crippen LogP contribution < -0.4 is 0 Å². The van der Waals surface area contributed by atoms with Crippen molar-refractivity contribution in [3.63, 3.8) is 0 Å². The lowest BCUT2D eigenvalue weighted by molar-refractivity contribution is 0.344. The second-order valence-corrected chi connectivity index (χ2v) is 4.33. The standard InChI is InChI=1S/C8H17NS/c1-8(10-2)7-9-5-3-4-6-9/h8H,3-7H2,1-2H3. The molecule has 1 unspecified atom stereocenters. The van der Waals surface area contributed by atoms with Gasteiger partial charge in [-0.3, -0.25) is 0 Å². The van der Waals surface area contributed by atoms with Crippen LogP contribution in [0.5, 0.6) is 0 Å². The predicted octanol–water partition coefficient (Wildman–Crippen LogP) is 1.83. The fourth-order valence-corrected chi connectivity index (χ4v) is 1.76. The summed E-state index contributed by atoms with van der Waals surface area (Å²) in [5.41, 5.74) is 0. The molecule has 1 saturated heterocycles. The van der Waals surface area contributed by atoms with Crippen LogP contribution in [-0.4, -0.2) is 36.0 Å². The van der Waals surface area contributed by atoms with Crippen molar-refractivity contribution in [1.82, 2.24) is 4.90 Å². The zero-order chi connectivity index (χ0) is 7.40. The molecule has 10 heavy (non-hydrogen) atoms. The van der Waals surface area contributed by atoms with Gasteiger partial charge in [-0.1, -0.05) is 6.92 Å². The Morgan fingerprint density at radius 1 is 1.40 bits per heavy atom. The maximum atomic E-state index is 2.57. The first-order chi connectivity index (χ1) is 4.83. The molecule has 0 aromatic heterocycles. The monoisotopic (exact) mass is 159 g/mol. The largest absolute Gasteiger partial charge is 0.302 e. The highest BCUT2D eigenvalue weighted by molar-refractivity contribution is 7.99. The van der Waals surface area contributed by atoms with Crippen molar-refractivity contribution in [2.24, 2.45) is 0 Å². The van der Waals surface area contributed by atoms with Crippen molar-refractivity contribution in [3.05, 3.63) is 0 Å². The minimum absolute atomic E-state index is 0.818. The zero-order valence-corrected chi connectivity index (χ0v) is 7.78. The maximum absolute atomic E-state index is 2.57. The molecule has 0 aliphatic carbocycles. The molecule has 1 aliphatic rings. The lowest BCUT2D eigenvalue weighted by Gasteiger charge is -2.18. The summed E-state index contributed by atoms with van der Waals surface area (Å²) in [7, 11) is 0. The molecule has 0 saturated carbocycles. The Bertz CT molecular complexity index is 89.3. The van der Waals surface area contributed by atoms with E-state index in [4.69, 9.17) is 0 Å². The van der Waals surface area contributed by atoms with Crippen molar-refractivity contribution in [1.29, 1.82) is 0 Å². The fourth-order valence-electron chi connectivity index (χ4n) is 1.40. The molecule has 1 rings (SSSR count). The van der Waals surface area contributed by atoms with Crippen LogP contribution in [0.15, 0.2) is 0 Å². The molecule has 0 spiro atoms. The van der Waals surface area contributed by atoms with Crippen molar-refractivity contribution in [3.8, 4) is 0 Å². The summed E-state index contributed by atoms with van der Waals surface area (Å²) in [6.45, 7) is 6.28. The van der Waals surface area contributed by atoms with Gasteiger partial charge in [-0.25, -0.2) is 0 Å². The van der Waals surface area contributed by atoms with E-state index in [2.05, 4.69) is 18.1 Å². The molecular formula is C8H17NS. The van der Waals surface area contributed by atoms with E-state index in [0.717, 1.165) is 5.25 Å². The number of hydrogen-bond donors (Lipinski definition) is 0. The quantitative estimate of drug-likeness (QED) is 0.618. The normalized spacial score (nSPS) is 23.4. The van der Waals surface area contributed by atoms with Gasteiger partial charge >= 0.3 is 0 Å². The van der Waals surface area contributed by atoms with Gasteiger partial charge in [0.1, 0.15) is 0 Å². The van der Waals surface area contributed by atoms with Crippen LogP contribution in [0.4, 0.5) is 0 Å². The minimum Gasteiger partial charge on any atom is -0.302 e. The van der Waals surface area contributed by atoms with Gasteiger partial charge in [-0.05, 0) is 32.2 Å². The van der Waals surface area contributed by atoms with Gasteiger partial charge < -0.3 is 4.90 Å². The molecule has 1 fully saturated rings. The van der Waals surface area contributed by atoms with Crippen LogP contribution >= 0.6 is 11.8 Å². The van der Waals surface area contributed by atoms with E-state index in [0.29, 0.717) is 0 Å². The Labute approximate surface area is 68.2 Å². The number of hydrogen-bond acceptors (Lipinski definition) is 2. The summed E-state index contributed by atoms with van der Waals surface area (Å²) in [4.78, 5) is 2.57. The third kappa shape index (κ3) is 2.51. The van der Waals surface area contributed by atoms with Gasteiger partial charge in [0.25, 0.3) is 0 Å². The van der Waals surface area contributed by atoms with Crippen molar-refractivity contribution < 1.29 is 0 Å². The molecule has 0 amide bonds. The number of rotatable bonds is 3. The first kappa shape index (κ1) is 8.41. The van der Waals surface area contributed by atoms with Crippen LogP contribution in [0.3, 0.4) is 0 Å². The predicted molar refractivity (Wildman–Crippen MR) is 48.7 cm³/mol. The first-order valence-electron chi connectivity index (χ1n) is 4.08. The van der Waals surface area contributed by atoms with Gasteiger partial charge in [0.15, 0.2) is 0 Å². The zero-order valence-electron chi connectivity index (χ0n) is 6.97. The fraction of sp³-hybridized carbons (Fsp3) is 1.00. The van der Waals surface area contributed by atoms with Crippen molar-refractivity contribution >= 4 is 11.8 Å². The molecule has 60 valence electrons. The molecule has 0 N–H and O–H groups in total. The molecule has 1 nitrogen and oxygen atoms in total. The topological polar surface area (TPSA) is 3.24 Å². The van der Waals surface area contributed by atoms with Crippen LogP contribution in [0, 0.1) is 0 Å². The van der Waals surface area contributed by atoms with E-state index in [1.807, 2.05) is 11.8 Å². The van der Waals surface area contributed by atoms with Gasteiger partial charge in [-0.2, -0.15) is 11.8 Å². The Balaban J connectivity index is 2.11. The molecule has 1 aliphatic heterocycles. The first-order valence-corrected chi connectivity index (χ1v) is 5.37. The average molecular weight is 159 g/mol. The van der Waals surface area contributed by atoms with Gasteiger partial charge in [0.05, 0.1) is 0 Å². The SMILES string of the molecule is CSC(C)CN1CCCC1. The smallest absolute Gasteiger partial charge is 0.0143 e. The highest BCUT2D eigenvalue weighted by atomic mass is 32.2. The van der Waals surface area contributed by atoms with Crippen LogP contribution in [0.2, 0.25) is 0 Å². The van der Waals surface area contributed by atoms with Gasteiger partial charge in [0, 0.05) is 11.8 Å². The van der Waals surface area contributed by atoms with E-state index in [9.17, 15) is 0 Å². The second kappa shape index (κ2) is 4.24. The number of likely N-dealkylation sites (tertiary alicyclic amines) is 1. The van der Waals surface area contributed by atoms with E-state index in [1.165, 1.54) is 32.5 Å². The number of nitrogens with zero attached hydrogens (tertiary/aromatic N) is 1. The molecule has 0 aromatic rings. The third-order valence-corrected chi connectivity index (χ3v) is 3.07. The molecule has 0 aromatic carbocycles. The minimum atomic E-state index is 0.818. The van der Waals surface area contributed by atoms with Crippen LogP contribution in [0.1, 0.15) is 19.8 Å². The Kier molecular flexibility index (Phi) is 3.57. The highest BCUT2D eigenvalue weighted by Gasteiger charge is 2.13. The second-order valence-electron chi connectivity index (χ2n) is 3.05. The summed E-state index contributed by atoms with van der Waals surface area (Å²) in [5, 5.41) is 0.818. The highest BCUT2D eigenvalue weighted by Crippen LogP contribution is 2.12. The van der Waals surface area contributed by atoms with Crippen LogP contribution in [0.25, 0.3) is 0 Å². The van der Waals surface area contributed by atoms with E-state index < -0.39 is 0 Å². The summed E-state index contributed by atoms with van der Waals surface area (Å²) < 4.78 is 0. The number of thioether (sulfide) groups is 1. The molecule has 2 heteroatoms. The lowest BCUT2D eigenvalue weighted by Crippen LogP contribution is -2.26. The summed E-state index contributed by atoms with van der Waals surface area (Å²) in [5.74, 6) is 0. The van der Waals surface area contributed by atoms with Crippen LogP contribution in [-0.2, 0) is 0 Å². The molecule has 0 bridgehead atoms. The van der Waals surface area contributed by atoms with E-state index in [1.54, 1.807) is 0 Å². The lowest BCUT2D eigenvalue weighted by atomic mass is 10.4. The average Bonchev–Trinajstić information content (AvgIpc) is 2.40. The van der Waals surface area contributed by atoms with Gasteiger partial charge in [0.2, 0.25) is 0 Å².